The highest BCUT2D eigenvalue weighted by atomic mass is 35.5. The molecule has 1 atom stereocenters. The normalized spacial score (nSPS) is 21.9. The third-order valence-corrected chi connectivity index (χ3v) is 3.71. The van der Waals surface area contributed by atoms with E-state index in [2.05, 4.69) is 10.1 Å². The second-order valence-electron chi connectivity index (χ2n) is 4.77. The van der Waals surface area contributed by atoms with Crippen molar-refractivity contribution in [2.45, 2.75) is 19.0 Å². The fraction of sp³-hybridized carbons (Fsp3) is 0.357. The van der Waals surface area contributed by atoms with E-state index in [1.54, 1.807) is 0 Å². The summed E-state index contributed by atoms with van der Waals surface area (Å²) in [6.45, 7) is 1.74. The van der Waals surface area contributed by atoms with Gasteiger partial charge in [0, 0.05) is 30.7 Å². The molecular weight excluding hydrogens is 280 g/mol. The monoisotopic (exact) mass is 294 g/mol. The van der Waals surface area contributed by atoms with Crippen molar-refractivity contribution in [3.05, 3.63) is 51.4 Å². The van der Waals surface area contributed by atoms with Crippen molar-refractivity contribution in [3.8, 4) is 0 Å². The van der Waals surface area contributed by atoms with Crippen molar-refractivity contribution < 1.29 is 9.90 Å². The maximum Gasteiger partial charge on any atom is 0.328 e. The van der Waals surface area contributed by atoms with Gasteiger partial charge in [0.05, 0.1) is 0 Å². The summed E-state index contributed by atoms with van der Waals surface area (Å²) in [6, 6.07) is 7.00. The van der Waals surface area contributed by atoms with Gasteiger partial charge in [0.2, 0.25) is 0 Å². The number of hydrogen-bond acceptors (Lipinski definition) is 4. The predicted molar refractivity (Wildman–Crippen MR) is 76.6 cm³/mol. The second kappa shape index (κ2) is 6.63. The molecule has 1 heterocycles. The third-order valence-electron chi connectivity index (χ3n) is 3.34. The minimum absolute atomic E-state index is 0.425. The number of nitrogens with zero attached hydrogens (tertiary/aromatic N) is 2. The third kappa shape index (κ3) is 3.65. The average Bonchev–Trinajstić information content (AvgIpc) is 2.41. The second-order valence-corrected chi connectivity index (χ2v) is 5.18. The molecule has 0 spiro atoms. The van der Waals surface area contributed by atoms with Crippen LogP contribution in [0.2, 0.25) is 5.02 Å². The Morgan fingerprint density at radius 1 is 1.50 bits per heavy atom. The summed E-state index contributed by atoms with van der Waals surface area (Å²) in [6.07, 6.45) is 1.62. The van der Waals surface area contributed by atoms with Crippen molar-refractivity contribution in [1.82, 2.24) is 4.90 Å². The van der Waals surface area contributed by atoms with Gasteiger partial charge in [-0.3, -0.25) is 4.90 Å². The largest absolute Gasteiger partial charge is 0.478 e. The molecule has 1 aliphatic rings. The smallest absolute Gasteiger partial charge is 0.328 e. The molecular formula is C14H15ClN2O3. The minimum Gasteiger partial charge on any atom is -0.478 e. The number of aliphatic carboxylic acids is 1. The number of benzene rings is 1. The van der Waals surface area contributed by atoms with E-state index < -0.39 is 12.0 Å². The summed E-state index contributed by atoms with van der Waals surface area (Å²) >= 11 is 6.12. The maximum absolute atomic E-state index is 10.8. The summed E-state index contributed by atoms with van der Waals surface area (Å²) < 4.78 is 0. The lowest BCUT2D eigenvalue weighted by Crippen LogP contribution is -2.37. The maximum atomic E-state index is 10.8. The summed E-state index contributed by atoms with van der Waals surface area (Å²) in [7, 11) is 0. The SMILES string of the molecule is O=NC1CCN(Cc2ccccc2Cl)C/C1=C/C(=O)O. The minimum atomic E-state index is -1.05. The van der Waals surface area contributed by atoms with Gasteiger partial charge in [-0.05, 0) is 23.6 Å². The summed E-state index contributed by atoms with van der Waals surface area (Å²) in [5.74, 6) is -1.05. The first-order chi connectivity index (χ1) is 9.60. The van der Waals surface area contributed by atoms with Crippen LogP contribution in [0.25, 0.3) is 0 Å². The molecule has 20 heavy (non-hydrogen) atoms. The molecule has 0 saturated carbocycles. The van der Waals surface area contributed by atoms with Crippen LogP contribution in [0.15, 0.2) is 41.1 Å². The Hall–Kier alpha value is -1.72. The van der Waals surface area contributed by atoms with Crippen LogP contribution in [0, 0.1) is 4.91 Å². The highest BCUT2D eigenvalue weighted by molar-refractivity contribution is 6.31. The topological polar surface area (TPSA) is 70.0 Å². The number of carboxylic acids is 1. The van der Waals surface area contributed by atoms with Crippen molar-refractivity contribution in [3.63, 3.8) is 0 Å². The van der Waals surface area contributed by atoms with E-state index in [0.717, 1.165) is 11.6 Å². The average molecular weight is 295 g/mol. The van der Waals surface area contributed by atoms with Crippen molar-refractivity contribution in [1.29, 1.82) is 0 Å². The number of piperidine rings is 1. The molecule has 1 unspecified atom stereocenters. The number of rotatable bonds is 4. The van der Waals surface area contributed by atoms with Gasteiger partial charge in [-0.2, -0.15) is 4.91 Å². The number of nitroso groups, excluding NO2 is 1. The summed E-state index contributed by atoms with van der Waals surface area (Å²) in [5, 5.41) is 12.5. The van der Waals surface area contributed by atoms with Gasteiger partial charge >= 0.3 is 5.97 Å². The van der Waals surface area contributed by atoms with E-state index >= 15 is 0 Å². The molecule has 0 bridgehead atoms. The molecule has 6 heteroatoms. The van der Waals surface area contributed by atoms with E-state index in [0.29, 0.717) is 36.7 Å². The molecule has 1 aromatic carbocycles. The molecule has 1 N–H and O–H groups in total. The van der Waals surface area contributed by atoms with Gasteiger partial charge in [0.1, 0.15) is 6.04 Å². The fourth-order valence-electron chi connectivity index (χ4n) is 2.36. The first kappa shape index (κ1) is 14.7. The molecule has 5 nitrogen and oxygen atoms in total. The molecule has 0 amide bonds. The van der Waals surface area contributed by atoms with Crippen molar-refractivity contribution >= 4 is 17.6 Å². The Balaban J connectivity index is 2.10. The number of carbonyl (C=O) groups is 1. The summed E-state index contributed by atoms with van der Waals surface area (Å²) in [5.41, 5.74) is 1.53. The molecule has 1 aromatic rings. The Labute approximate surface area is 121 Å². The first-order valence-electron chi connectivity index (χ1n) is 6.31. The molecule has 1 aliphatic heterocycles. The molecule has 0 aromatic heterocycles. The first-order valence-corrected chi connectivity index (χ1v) is 6.69. The number of halogens is 1. The molecule has 106 valence electrons. The molecule has 1 saturated heterocycles. The molecule has 0 aliphatic carbocycles. The van der Waals surface area contributed by atoms with Gasteiger partial charge in [-0.15, -0.1) is 0 Å². The Bertz CT molecular complexity index is 545. The van der Waals surface area contributed by atoms with E-state index in [-0.39, 0.29) is 0 Å². The quantitative estimate of drug-likeness (QED) is 0.684. The van der Waals surface area contributed by atoms with Crippen LogP contribution in [0.5, 0.6) is 0 Å². The van der Waals surface area contributed by atoms with Crippen molar-refractivity contribution in [2.24, 2.45) is 5.18 Å². The van der Waals surface area contributed by atoms with Crippen LogP contribution >= 0.6 is 11.6 Å². The number of likely N-dealkylation sites (tertiary alicyclic amines) is 1. The number of hydrogen-bond donors (Lipinski definition) is 1. The molecule has 1 fully saturated rings. The highest BCUT2D eigenvalue weighted by Gasteiger charge is 2.25. The van der Waals surface area contributed by atoms with E-state index in [1.807, 2.05) is 24.3 Å². The van der Waals surface area contributed by atoms with Gasteiger partial charge in [0.15, 0.2) is 0 Å². The Kier molecular flexibility index (Phi) is 4.87. The van der Waals surface area contributed by atoms with Gasteiger partial charge in [-0.25, -0.2) is 4.79 Å². The van der Waals surface area contributed by atoms with E-state index in [9.17, 15) is 9.70 Å². The lowest BCUT2D eigenvalue weighted by atomic mass is 9.98. The molecule has 0 radical (unpaired) electrons. The van der Waals surface area contributed by atoms with Crippen LogP contribution in [-0.2, 0) is 11.3 Å². The Morgan fingerprint density at radius 3 is 2.90 bits per heavy atom. The zero-order valence-electron chi connectivity index (χ0n) is 10.8. The van der Waals surface area contributed by atoms with Gasteiger partial charge in [0.25, 0.3) is 0 Å². The van der Waals surface area contributed by atoms with Gasteiger partial charge < -0.3 is 5.11 Å². The Morgan fingerprint density at radius 2 is 2.25 bits per heavy atom. The number of carboxylic acid groups (broad SMARTS) is 1. The summed E-state index contributed by atoms with van der Waals surface area (Å²) in [4.78, 5) is 23.6. The highest BCUT2D eigenvalue weighted by Crippen LogP contribution is 2.23. The standard InChI is InChI=1S/C14H15ClN2O3/c15-12-4-2-1-3-10(12)8-17-6-5-13(16-20)11(9-17)7-14(18)19/h1-4,7,13H,5-6,8-9H2,(H,18,19)/b11-7-. The predicted octanol–water partition coefficient (Wildman–Crippen LogP) is 2.69. The van der Waals surface area contributed by atoms with E-state index in [4.69, 9.17) is 16.7 Å². The van der Waals surface area contributed by atoms with Crippen LogP contribution in [0.1, 0.15) is 12.0 Å². The van der Waals surface area contributed by atoms with E-state index in [1.165, 1.54) is 0 Å². The van der Waals surface area contributed by atoms with Gasteiger partial charge in [-0.1, -0.05) is 35.0 Å². The zero-order chi connectivity index (χ0) is 14.5. The zero-order valence-corrected chi connectivity index (χ0v) is 11.6. The van der Waals surface area contributed by atoms with Crippen molar-refractivity contribution in [2.75, 3.05) is 13.1 Å². The van der Waals surface area contributed by atoms with Crippen LogP contribution in [0.4, 0.5) is 0 Å². The fourth-order valence-corrected chi connectivity index (χ4v) is 2.55. The van der Waals surface area contributed by atoms with Crippen LogP contribution in [-0.4, -0.2) is 35.1 Å². The molecule has 2 rings (SSSR count). The lowest BCUT2D eigenvalue weighted by molar-refractivity contribution is -0.131. The lowest BCUT2D eigenvalue weighted by Gasteiger charge is -2.31. The van der Waals surface area contributed by atoms with Crippen LogP contribution in [0.3, 0.4) is 0 Å². The van der Waals surface area contributed by atoms with Crippen LogP contribution < -0.4 is 0 Å².